The van der Waals surface area contributed by atoms with Gasteiger partial charge in [0.1, 0.15) is 23.6 Å². The van der Waals surface area contributed by atoms with Crippen LogP contribution in [0.15, 0.2) is 54.9 Å². The first-order chi connectivity index (χ1) is 13.5. The number of carbonyl (C=O) groups excluding carboxylic acids is 2. The monoisotopic (exact) mass is 376 g/mol. The molecule has 0 bridgehead atoms. The number of hydrogen-bond acceptors (Lipinski definition) is 6. The molecule has 28 heavy (non-hydrogen) atoms. The Morgan fingerprint density at radius 2 is 1.75 bits per heavy atom. The van der Waals surface area contributed by atoms with Crippen LogP contribution in [0, 0.1) is 6.92 Å². The summed E-state index contributed by atoms with van der Waals surface area (Å²) in [5.74, 6) is 0.657. The van der Waals surface area contributed by atoms with Gasteiger partial charge in [0.05, 0.1) is 12.8 Å². The smallest absolute Gasteiger partial charge is 0.274 e. The van der Waals surface area contributed by atoms with Crippen molar-refractivity contribution < 1.29 is 14.3 Å². The lowest BCUT2D eigenvalue weighted by atomic mass is 10.1. The zero-order valence-corrected chi connectivity index (χ0v) is 15.8. The van der Waals surface area contributed by atoms with Crippen molar-refractivity contribution >= 4 is 28.9 Å². The van der Waals surface area contributed by atoms with Crippen molar-refractivity contribution in [2.45, 2.75) is 13.8 Å². The molecule has 142 valence electrons. The molecule has 0 aliphatic rings. The fourth-order valence-corrected chi connectivity index (χ4v) is 2.59. The molecule has 0 aliphatic heterocycles. The van der Waals surface area contributed by atoms with E-state index >= 15 is 0 Å². The highest BCUT2D eigenvalue weighted by Crippen LogP contribution is 2.25. The Kier molecular flexibility index (Phi) is 5.64. The van der Waals surface area contributed by atoms with Crippen molar-refractivity contribution in [2.75, 3.05) is 17.7 Å². The highest BCUT2D eigenvalue weighted by molar-refractivity contribution is 6.04. The zero-order valence-electron chi connectivity index (χ0n) is 15.8. The molecule has 2 aromatic carbocycles. The van der Waals surface area contributed by atoms with Crippen molar-refractivity contribution in [2.24, 2.45) is 0 Å². The molecule has 1 aromatic heterocycles. The van der Waals surface area contributed by atoms with Gasteiger partial charge in [0.15, 0.2) is 5.78 Å². The van der Waals surface area contributed by atoms with Crippen molar-refractivity contribution in [1.29, 1.82) is 0 Å². The summed E-state index contributed by atoms with van der Waals surface area (Å²) in [6.07, 6.45) is 1.31. The van der Waals surface area contributed by atoms with Crippen LogP contribution < -0.4 is 15.4 Å². The quantitative estimate of drug-likeness (QED) is 0.632. The Balaban J connectivity index is 1.76. The van der Waals surface area contributed by atoms with Crippen molar-refractivity contribution in [1.82, 2.24) is 9.97 Å². The van der Waals surface area contributed by atoms with Gasteiger partial charge in [0, 0.05) is 17.3 Å². The minimum absolute atomic E-state index is 0.000815. The second kappa shape index (κ2) is 8.30. The van der Waals surface area contributed by atoms with Crippen LogP contribution >= 0.6 is 0 Å². The second-order valence-corrected chi connectivity index (χ2v) is 6.20. The van der Waals surface area contributed by atoms with E-state index in [0.717, 1.165) is 11.3 Å². The van der Waals surface area contributed by atoms with E-state index in [9.17, 15) is 9.59 Å². The Morgan fingerprint density at radius 3 is 2.43 bits per heavy atom. The Bertz CT molecular complexity index is 1020. The molecule has 0 saturated heterocycles. The standard InChI is InChI=1S/C21H20N4O3/c1-13-4-9-19(28-3)17(10-13)25-21(27)18-11-20(23-12-22-18)24-16-7-5-15(6-8-16)14(2)26/h4-12H,1-3H3,(H,25,27)(H,22,23,24). The largest absolute Gasteiger partial charge is 0.495 e. The van der Waals surface area contributed by atoms with E-state index in [0.29, 0.717) is 22.8 Å². The first kappa shape index (κ1) is 19.0. The average molecular weight is 376 g/mol. The van der Waals surface area contributed by atoms with E-state index in [1.807, 2.05) is 19.1 Å². The molecule has 0 fully saturated rings. The molecule has 1 amide bonds. The Morgan fingerprint density at radius 1 is 1.00 bits per heavy atom. The topological polar surface area (TPSA) is 93.2 Å². The third kappa shape index (κ3) is 4.50. The molecule has 7 nitrogen and oxygen atoms in total. The summed E-state index contributed by atoms with van der Waals surface area (Å²) in [7, 11) is 1.55. The van der Waals surface area contributed by atoms with E-state index in [1.54, 1.807) is 43.5 Å². The summed E-state index contributed by atoms with van der Waals surface area (Å²) in [5, 5.41) is 5.90. The molecule has 7 heteroatoms. The maximum Gasteiger partial charge on any atom is 0.274 e. The van der Waals surface area contributed by atoms with Gasteiger partial charge >= 0.3 is 0 Å². The van der Waals surface area contributed by atoms with Crippen LogP contribution in [-0.2, 0) is 0 Å². The molecule has 3 rings (SSSR count). The molecule has 0 unspecified atom stereocenters. The first-order valence-electron chi connectivity index (χ1n) is 8.62. The molecule has 2 N–H and O–H groups in total. The lowest BCUT2D eigenvalue weighted by Crippen LogP contribution is -2.15. The normalized spacial score (nSPS) is 10.2. The van der Waals surface area contributed by atoms with Gasteiger partial charge in [-0.15, -0.1) is 0 Å². The number of rotatable bonds is 6. The number of carbonyl (C=O) groups is 2. The van der Waals surface area contributed by atoms with Crippen LogP contribution in [0.4, 0.5) is 17.2 Å². The molecule has 0 saturated carbocycles. The number of ether oxygens (including phenoxy) is 1. The molecular weight excluding hydrogens is 356 g/mol. The fourth-order valence-electron chi connectivity index (χ4n) is 2.59. The molecule has 3 aromatic rings. The number of nitrogens with zero attached hydrogens (tertiary/aromatic N) is 2. The predicted molar refractivity (Wildman–Crippen MR) is 107 cm³/mol. The highest BCUT2D eigenvalue weighted by Gasteiger charge is 2.12. The number of amides is 1. The summed E-state index contributed by atoms with van der Waals surface area (Å²) < 4.78 is 5.28. The molecule has 0 aliphatic carbocycles. The third-order valence-corrected chi connectivity index (χ3v) is 4.07. The third-order valence-electron chi connectivity index (χ3n) is 4.07. The van der Waals surface area contributed by atoms with E-state index in [4.69, 9.17) is 4.74 Å². The minimum Gasteiger partial charge on any atom is -0.495 e. The molecular formula is C21H20N4O3. The Labute approximate surface area is 162 Å². The lowest BCUT2D eigenvalue weighted by molar-refractivity contribution is 0.101. The molecule has 0 atom stereocenters. The number of nitrogens with one attached hydrogen (secondary N) is 2. The van der Waals surface area contributed by atoms with Gasteiger partial charge < -0.3 is 15.4 Å². The number of aromatic nitrogens is 2. The van der Waals surface area contributed by atoms with Crippen LogP contribution in [0.25, 0.3) is 0 Å². The van der Waals surface area contributed by atoms with Crippen molar-refractivity contribution in [3.8, 4) is 5.75 Å². The van der Waals surface area contributed by atoms with Crippen LogP contribution in [0.3, 0.4) is 0 Å². The van der Waals surface area contributed by atoms with Gasteiger partial charge in [-0.05, 0) is 55.8 Å². The fraction of sp³-hybridized carbons (Fsp3) is 0.143. The summed E-state index contributed by atoms with van der Waals surface area (Å²) >= 11 is 0. The average Bonchev–Trinajstić information content (AvgIpc) is 2.69. The Hall–Kier alpha value is -3.74. The van der Waals surface area contributed by atoms with Gasteiger partial charge in [-0.3, -0.25) is 9.59 Å². The van der Waals surface area contributed by atoms with Crippen molar-refractivity contribution in [3.63, 3.8) is 0 Å². The summed E-state index contributed by atoms with van der Waals surface area (Å²) in [4.78, 5) is 32.1. The highest BCUT2D eigenvalue weighted by atomic mass is 16.5. The maximum absolute atomic E-state index is 12.6. The lowest BCUT2D eigenvalue weighted by Gasteiger charge is -2.11. The number of aryl methyl sites for hydroxylation is 1. The number of Topliss-reactive ketones (excluding diaryl/α,β-unsaturated/α-hetero) is 1. The number of benzene rings is 2. The van der Waals surface area contributed by atoms with Crippen LogP contribution in [0.1, 0.15) is 33.3 Å². The summed E-state index contributed by atoms with van der Waals surface area (Å²) in [5.41, 5.74) is 3.15. The molecule has 0 radical (unpaired) electrons. The van der Waals surface area contributed by atoms with E-state index < -0.39 is 0 Å². The van der Waals surface area contributed by atoms with Gasteiger partial charge in [-0.25, -0.2) is 9.97 Å². The number of hydrogen-bond donors (Lipinski definition) is 2. The van der Waals surface area contributed by atoms with Crippen LogP contribution in [-0.4, -0.2) is 28.8 Å². The van der Waals surface area contributed by atoms with E-state index in [-0.39, 0.29) is 17.4 Å². The number of anilines is 3. The number of methoxy groups -OCH3 is 1. The minimum atomic E-state index is -0.374. The van der Waals surface area contributed by atoms with E-state index in [2.05, 4.69) is 20.6 Å². The van der Waals surface area contributed by atoms with Crippen LogP contribution in [0.2, 0.25) is 0 Å². The summed E-state index contributed by atoms with van der Waals surface area (Å²) in [6, 6.07) is 14.1. The SMILES string of the molecule is COc1ccc(C)cc1NC(=O)c1cc(Nc2ccc(C(C)=O)cc2)ncn1. The van der Waals surface area contributed by atoms with Crippen molar-refractivity contribution in [3.05, 3.63) is 71.7 Å². The maximum atomic E-state index is 12.6. The number of ketones is 1. The van der Waals surface area contributed by atoms with Gasteiger partial charge in [-0.2, -0.15) is 0 Å². The second-order valence-electron chi connectivity index (χ2n) is 6.20. The van der Waals surface area contributed by atoms with Crippen LogP contribution in [0.5, 0.6) is 5.75 Å². The van der Waals surface area contributed by atoms with Gasteiger partial charge in [-0.1, -0.05) is 6.07 Å². The first-order valence-corrected chi connectivity index (χ1v) is 8.62. The zero-order chi connectivity index (χ0) is 20.1. The molecule has 0 spiro atoms. The van der Waals surface area contributed by atoms with Gasteiger partial charge in [0.2, 0.25) is 0 Å². The van der Waals surface area contributed by atoms with Gasteiger partial charge in [0.25, 0.3) is 5.91 Å². The summed E-state index contributed by atoms with van der Waals surface area (Å²) in [6.45, 7) is 3.44. The molecule has 1 heterocycles. The predicted octanol–water partition coefficient (Wildman–Crippen LogP) is 3.99. The van der Waals surface area contributed by atoms with E-state index in [1.165, 1.54) is 13.3 Å².